The van der Waals surface area contributed by atoms with Crippen molar-refractivity contribution in [2.45, 2.75) is 32.0 Å². The van der Waals surface area contributed by atoms with Gasteiger partial charge < -0.3 is 19.9 Å². The predicted octanol–water partition coefficient (Wildman–Crippen LogP) is 1.28. The summed E-state index contributed by atoms with van der Waals surface area (Å²) in [5, 5.41) is 5.61. The number of ether oxygens (including phenoxy) is 1. The number of hydrogen-bond donors (Lipinski definition) is 2. The van der Waals surface area contributed by atoms with Crippen molar-refractivity contribution in [3.63, 3.8) is 0 Å². The van der Waals surface area contributed by atoms with Crippen LogP contribution in [-0.4, -0.2) is 29.1 Å². The largest absolute Gasteiger partial charge is 0.368 e. The van der Waals surface area contributed by atoms with E-state index in [1.165, 1.54) is 10.6 Å². The fourth-order valence-electron chi connectivity index (χ4n) is 2.77. The smallest absolute Gasteiger partial charge is 0.253 e. The summed E-state index contributed by atoms with van der Waals surface area (Å²) in [4.78, 5) is 35.7. The molecule has 2 N–H and O–H groups in total. The highest BCUT2D eigenvalue weighted by molar-refractivity contribution is 5.94. The zero-order valence-electron chi connectivity index (χ0n) is 14.3. The minimum Gasteiger partial charge on any atom is -0.368 e. The first kappa shape index (κ1) is 17.9. The second-order valence-corrected chi connectivity index (χ2v) is 6.13. The van der Waals surface area contributed by atoms with Crippen LogP contribution in [0.25, 0.3) is 0 Å². The Balaban J connectivity index is 1.53. The molecule has 2 heterocycles. The van der Waals surface area contributed by atoms with Crippen molar-refractivity contribution in [3.8, 4) is 0 Å². The molecule has 0 aliphatic carbocycles. The van der Waals surface area contributed by atoms with Gasteiger partial charge in [-0.05, 0) is 36.6 Å². The van der Waals surface area contributed by atoms with Gasteiger partial charge in [0, 0.05) is 31.1 Å². The monoisotopic (exact) mass is 355 g/mol. The van der Waals surface area contributed by atoms with Crippen molar-refractivity contribution in [1.82, 2.24) is 9.88 Å². The predicted molar refractivity (Wildman–Crippen MR) is 96.6 cm³/mol. The van der Waals surface area contributed by atoms with Crippen LogP contribution in [0.4, 0.5) is 5.69 Å². The SMILES string of the molecule is O=C(Cn1ccccc1=O)NCc1cccc(NC(=O)C2CCCO2)c1. The van der Waals surface area contributed by atoms with Crippen LogP contribution in [-0.2, 0) is 27.4 Å². The Labute approximate surface area is 151 Å². The standard InChI is InChI=1S/C19H21N3O4/c23-17(13-22-9-2-1-8-18(22)24)20-12-14-5-3-6-15(11-14)21-19(25)16-7-4-10-26-16/h1-3,5-6,8-9,11,16H,4,7,10,12-13H2,(H,20,23)(H,21,25). The second-order valence-electron chi connectivity index (χ2n) is 6.13. The summed E-state index contributed by atoms with van der Waals surface area (Å²) in [6.07, 6.45) is 2.82. The average molecular weight is 355 g/mol. The lowest BCUT2D eigenvalue weighted by Gasteiger charge is -2.12. The number of nitrogens with one attached hydrogen (secondary N) is 2. The summed E-state index contributed by atoms with van der Waals surface area (Å²) in [6, 6.07) is 12.0. The minimum atomic E-state index is -0.387. The fraction of sp³-hybridized carbons (Fsp3) is 0.316. The number of nitrogens with zero attached hydrogens (tertiary/aromatic N) is 1. The Bertz CT molecular complexity index is 840. The van der Waals surface area contributed by atoms with Crippen molar-refractivity contribution in [2.75, 3.05) is 11.9 Å². The summed E-state index contributed by atoms with van der Waals surface area (Å²) in [5.74, 6) is -0.403. The first-order valence-corrected chi connectivity index (χ1v) is 8.55. The van der Waals surface area contributed by atoms with E-state index in [-0.39, 0.29) is 30.0 Å². The van der Waals surface area contributed by atoms with E-state index in [1.807, 2.05) is 18.2 Å². The van der Waals surface area contributed by atoms with Crippen LogP contribution in [0.1, 0.15) is 18.4 Å². The van der Waals surface area contributed by atoms with Gasteiger partial charge in [-0.3, -0.25) is 14.4 Å². The van der Waals surface area contributed by atoms with Crippen LogP contribution < -0.4 is 16.2 Å². The maximum atomic E-state index is 12.1. The molecule has 1 aromatic carbocycles. The summed E-state index contributed by atoms with van der Waals surface area (Å²) < 4.78 is 6.71. The molecule has 7 heteroatoms. The number of anilines is 1. The zero-order chi connectivity index (χ0) is 18.4. The summed E-state index contributed by atoms with van der Waals surface area (Å²) in [6.45, 7) is 0.897. The molecule has 136 valence electrons. The van der Waals surface area contributed by atoms with Gasteiger partial charge in [-0.1, -0.05) is 18.2 Å². The van der Waals surface area contributed by atoms with Crippen LogP contribution in [0.2, 0.25) is 0 Å². The van der Waals surface area contributed by atoms with Gasteiger partial charge in [-0.15, -0.1) is 0 Å². The summed E-state index contributed by atoms with van der Waals surface area (Å²) >= 11 is 0. The van der Waals surface area contributed by atoms with Crippen LogP contribution >= 0.6 is 0 Å². The normalized spacial score (nSPS) is 16.2. The molecule has 1 aliphatic rings. The summed E-state index contributed by atoms with van der Waals surface area (Å²) in [5.41, 5.74) is 1.29. The number of aromatic nitrogens is 1. The van der Waals surface area contributed by atoms with Crippen molar-refractivity contribution in [1.29, 1.82) is 0 Å². The molecule has 3 rings (SSSR count). The average Bonchev–Trinajstić information content (AvgIpc) is 3.17. The lowest BCUT2D eigenvalue weighted by atomic mass is 10.2. The number of amides is 2. The van der Waals surface area contributed by atoms with E-state index in [0.717, 1.165) is 18.4 Å². The van der Waals surface area contributed by atoms with Crippen LogP contribution in [0.15, 0.2) is 53.5 Å². The molecule has 0 radical (unpaired) electrons. The molecule has 0 bridgehead atoms. The van der Waals surface area contributed by atoms with Crippen LogP contribution in [0, 0.1) is 0 Å². The number of benzene rings is 1. The zero-order valence-corrected chi connectivity index (χ0v) is 14.3. The molecule has 1 atom stereocenters. The number of carbonyl (C=O) groups excluding carboxylic acids is 2. The quantitative estimate of drug-likeness (QED) is 0.817. The molecule has 0 saturated carbocycles. The van der Waals surface area contributed by atoms with Gasteiger partial charge in [0.1, 0.15) is 12.6 Å². The Morgan fingerprint density at radius 2 is 2.08 bits per heavy atom. The van der Waals surface area contributed by atoms with E-state index in [2.05, 4.69) is 10.6 Å². The van der Waals surface area contributed by atoms with Crippen molar-refractivity contribution in [2.24, 2.45) is 0 Å². The van der Waals surface area contributed by atoms with E-state index in [9.17, 15) is 14.4 Å². The number of carbonyl (C=O) groups is 2. The molecule has 1 aromatic heterocycles. The van der Waals surface area contributed by atoms with Crippen molar-refractivity contribution < 1.29 is 14.3 Å². The molecule has 7 nitrogen and oxygen atoms in total. The third kappa shape index (κ3) is 4.80. The number of hydrogen-bond acceptors (Lipinski definition) is 4. The van der Waals surface area contributed by atoms with Gasteiger partial charge in [-0.25, -0.2) is 0 Å². The van der Waals surface area contributed by atoms with Gasteiger partial charge in [0.25, 0.3) is 11.5 Å². The van der Waals surface area contributed by atoms with Gasteiger partial charge in [0.15, 0.2) is 0 Å². The fourth-order valence-corrected chi connectivity index (χ4v) is 2.77. The lowest BCUT2D eigenvalue weighted by molar-refractivity contribution is -0.124. The van der Waals surface area contributed by atoms with E-state index < -0.39 is 0 Å². The van der Waals surface area contributed by atoms with E-state index in [1.54, 1.807) is 24.4 Å². The molecular formula is C19H21N3O4. The minimum absolute atomic E-state index is 0.0326. The molecule has 1 saturated heterocycles. The molecule has 0 spiro atoms. The van der Waals surface area contributed by atoms with E-state index in [0.29, 0.717) is 18.8 Å². The maximum absolute atomic E-state index is 12.1. The Morgan fingerprint density at radius 1 is 1.19 bits per heavy atom. The highest BCUT2D eigenvalue weighted by atomic mass is 16.5. The first-order valence-electron chi connectivity index (χ1n) is 8.55. The molecule has 2 aromatic rings. The Hall–Kier alpha value is -2.93. The molecule has 26 heavy (non-hydrogen) atoms. The second kappa shape index (κ2) is 8.44. The lowest BCUT2D eigenvalue weighted by Crippen LogP contribution is -2.31. The summed E-state index contributed by atoms with van der Waals surface area (Å²) in [7, 11) is 0. The Morgan fingerprint density at radius 3 is 2.85 bits per heavy atom. The number of rotatable bonds is 6. The van der Waals surface area contributed by atoms with Gasteiger partial charge in [0.2, 0.25) is 5.91 Å². The third-order valence-electron chi connectivity index (χ3n) is 4.12. The molecule has 1 aliphatic heterocycles. The van der Waals surface area contributed by atoms with Crippen LogP contribution in [0.5, 0.6) is 0 Å². The molecule has 2 amide bonds. The third-order valence-corrected chi connectivity index (χ3v) is 4.12. The molecular weight excluding hydrogens is 334 g/mol. The van der Waals surface area contributed by atoms with Gasteiger partial charge in [-0.2, -0.15) is 0 Å². The molecule has 1 fully saturated rings. The van der Waals surface area contributed by atoms with Crippen molar-refractivity contribution in [3.05, 3.63) is 64.6 Å². The van der Waals surface area contributed by atoms with Gasteiger partial charge >= 0.3 is 0 Å². The van der Waals surface area contributed by atoms with E-state index >= 15 is 0 Å². The van der Waals surface area contributed by atoms with Crippen molar-refractivity contribution >= 4 is 17.5 Å². The van der Waals surface area contributed by atoms with E-state index in [4.69, 9.17) is 4.74 Å². The molecule has 1 unspecified atom stereocenters. The highest BCUT2D eigenvalue weighted by Crippen LogP contribution is 2.16. The van der Waals surface area contributed by atoms with Crippen LogP contribution in [0.3, 0.4) is 0 Å². The Kier molecular flexibility index (Phi) is 5.80. The maximum Gasteiger partial charge on any atom is 0.253 e. The first-order chi connectivity index (χ1) is 12.6. The van der Waals surface area contributed by atoms with Gasteiger partial charge in [0.05, 0.1) is 0 Å². The highest BCUT2D eigenvalue weighted by Gasteiger charge is 2.23. The number of pyridine rings is 1. The topological polar surface area (TPSA) is 89.4 Å².